The van der Waals surface area contributed by atoms with Crippen LogP contribution in [0, 0.1) is 5.92 Å². The van der Waals surface area contributed by atoms with Crippen molar-refractivity contribution < 1.29 is 19.1 Å². The molecule has 156 valence electrons. The van der Waals surface area contributed by atoms with Gasteiger partial charge < -0.3 is 25.8 Å². The Morgan fingerprint density at radius 3 is 2.62 bits per heavy atom. The van der Waals surface area contributed by atoms with Gasteiger partial charge in [-0.2, -0.15) is 0 Å². The standard InChI is InChI=1S/C12H12N2O2S.C7H13N3O2/c1-15-12-10-11(17-7-14-10)9(6-13-12)8-2-4-16-5-3-8;8-6(11)5-1-3-10(4-2-5)7(9)12/h2,6-7H,3-5H2,1H3;5H,1-4H2,(H2,8,11)(H2,9,12). The molecule has 10 heteroatoms. The molecule has 1 fully saturated rings. The number of amides is 3. The minimum atomic E-state index is -0.419. The first-order valence-electron chi connectivity index (χ1n) is 9.38. The van der Waals surface area contributed by atoms with Gasteiger partial charge in [-0.25, -0.2) is 14.8 Å². The molecular formula is C19H25N5O4S. The second-order valence-electron chi connectivity index (χ2n) is 6.77. The first-order valence-corrected chi connectivity index (χ1v) is 10.3. The van der Waals surface area contributed by atoms with Gasteiger partial charge in [0, 0.05) is 30.8 Å². The smallest absolute Gasteiger partial charge is 0.314 e. The molecule has 0 radical (unpaired) electrons. The Kier molecular flexibility index (Phi) is 6.99. The van der Waals surface area contributed by atoms with Gasteiger partial charge in [0.1, 0.15) is 5.52 Å². The number of ether oxygens (including phenoxy) is 2. The first kappa shape index (κ1) is 21.0. The molecular weight excluding hydrogens is 394 g/mol. The molecule has 0 atom stereocenters. The molecule has 2 aromatic heterocycles. The van der Waals surface area contributed by atoms with E-state index in [9.17, 15) is 9.59 Å². The summed E-state index contributed by atoms with van der Waals surface area (Å²) in [5.74, 6) is 0.234. The van der Waals surface area contributed by atoms with Gasteiger partial charge in [-0.05, 0) is 24.8 Å². The van der Waals surface area contributed by atoms with Crippen molar-refractivity contribution in [1.82, 2.24) is 14.9 Å². The Bertz CT molecular complexity index is 883. The van der Waals surface area contributed by atoms with Gasteiger partial charge in [0.15, 0.2) is 0 Å². The summed E-state index contributed by atoms with van der Waals surface area (Å²) < 4.78 is 11.7. The van der Waals surface area contributed by atoms with Crippen molar-refractivity contribution >= 4 is 39.1 Å². The van der Waals surface area contributed by atoms with Crippen LogP contribution in [0.15, 0.2) is 17.8 Å². The molecule has 9 nitrogen and oxygen atoms in total. The second-order valence-corrected chi connectivity index (χ2v) is 7.62. The number of nitrogens with zero attached hydrogens (tertiary/aromatic N) is 3. The average molecular weight is 420 g/mol. The lowest BCUT2D eigenvalue weighted by atomic mass is 9.97. The average Bonchev–Trinajstić information content (AvgIpc) is 3.24. The number of carbonyl (C=O) groups is 2. The van der Waals surface area contributed by atoms with Gasteiger partial charge in [-0.1, -0.05) is 6.08 Å². The van der Waals surface area contributed by atoms with Gasteiger partial charge >= 0.3 is 6.03 Å². The number of fused-ring (bicyclic) bond motifs is 1. The number of methoxy groups -OCH3 is 1. The van der Waals surface area contributed by atoms with Gasteiger partial charge in [-0.3, -0.25) is 4.79 Å². The summed E-state index contributed by atoms with van der Waals surface area (Å²) in [6, 6.07) is -0.419. The van der Waals surface area contributed by atoms with Crippen molar-refractivity contribution in [3.05, 3.63) is 23.3 Å². The number of thiazole rings is 1. The summed E-state index contributed by atoms with van der Waals surface area (Å²) >= 11 is 1.62. The van der Waals surface area contributed by atoms with Crippen LogP contribution in [0.2, 0.25) is 0 Å². The van der Waals surface area contributed by atoms with Crippen LogP contribution in [0.25, 0.3) is 15.8 Å². The van der Waals surface area contributed by atoms with E-state index in [1.54, 1.807) is 18.4 Å². The minimum Gasteiger partial charge on any atom is -0.479 e. The quantitative estimate of drug-likeness (QED) is 0.779. The Balaban J connectivity index is 0.000000177. The number of likely N-dealkylation sites (tertiary alicyclic amines) is 1. The largest absolute Gasteiger partial charge is 0.479 e. The zero-order chi connectivity index (χ0) is 20.8. The lowest BCUT2D eigenvalue weighted by Crippen LogP contribution is -2.44. The number of urea groups is 1. The van der Waals surface area contributed by atoms with E-state index < -0.39 is 6.03 Å². The number of piperidine rings is 1. The van der Waals surface area contributed by atoms with E-state index in [-0.39, 0.29) is 11.8 Å². The van der Waals surface area contributed by atoms with Crippen molar-refractivity contribution in [3.63, 3.8) is 0 Å². The van der Waals surface area contributed by atoms with Crippen molar-refractivity contribution in [2.24, 2.45) is 17.4 Å². The van der Waals surface area contributed by atoms with Crippen LogP contribution in [0.4, 0.5) is 4.79 Å². The molecule has 2 aliphatic rings. The number of pyridine rings is 1. The molecule has 4 heterocycles. The lowest BCUT2D eigenvalue weighted by Gasteiger charge is -2.28. The molecule has 0 aromatic carbocycles. The lowest BCUT2D eigenvalue weighted by molar-refractivity contribution is -0.122. The number of hydrogen-bond donors (Lipinski definition) is 2. The van der Waals surface area contributed by atoms with Crippen molar-refractivity contribution in [2.75, 3.05) is 33.4 Å². The highest BCUT2D eigenvalue weighted by molar-refractivity contribution is 7.17. The van der Waals surface area contributed by atoms with Crippen molar-refractivity contribution in [1.29, 1.82) is 0 Å². The summed E-state index contributed by atoms with van der Waals surface area (Å²) in [6.07, 6.45) is 6.19. The second kappa shape index (κ2) is 9.66. The fourth-order valence-electron chi connectivity index (χ4n) is 3.37. The first-order chi connectivity index (χ1) is 14.0. The van der Waals surface area contributed by atoms with Gasteiger partial charge in [-0.15, -0.1) is 11.3 Å². The molecule has 3 amide bonds. The third kappa shape index (κ3) is 5.01. The summed E-state index contributed by atoms with van der Waals surface area (Å²) in [4.78, 5) is 31.5. The Labute approximate surface area is 172 Å². The minimum absolute atomic E-state index is 0.0828. The third-order valence-corrected chi connectivity index (χ3v) is 5.90. The number of carbonyl (C=O) groups excluding carboxylic acids is 2. The van der Waals surface area contributed by atoms with Crippen LogP contribution in [0.1, 0.15) is 24.8 Å². The van der Waals surface area contributed by atoms with Crippen LogP contribution in [-0.2, 0) is 9.53 Å². The topological polar surface area (TPSA) is 134 Å². The molecule has 0 unspecified atom stereocenters. The number of hydrogen-bond acceptors (Lipinski definition) is 7. The summed E-state index contributed by atoms with van der Waals surface area (Å²) in [5, 5.41) is 0. The van der Waals surface area contributed by atoms with E-state index in [1.807, 2.05) is 11.7 Å². The predicted molar refractivity (Wildman–Crippen MR) is 110 cm³/mol. The Morgan fingerprint density at radius 2 is 2.03 bits per heavy atom. The van der Waals surface area contributed by atoms with Gasteiger partial charge in [0.25, 0.3) is 0 Å². The van der Waals surface area contributed by atoms with E-state index in [0.717, 1.165) is 28.8 Å². The normalized spacial score (nSPS) is 17.3. The van der Waals surface area contributed by atoms with Crippen LogP contribution < -0.4 is 16.2 Å². The molecule has 4 rings (SSSR count). The van der Waals surface area contributed by atoms with Gasteiger partial charge in [0.05, 0.1) is 30.5 Å². The number of nitrogens with two attached hydrogens (primary N) is 2. The molecule has 0 saturated carbocycles. The fraction of sp³-hybridized carbons (Fsp3) is 0.474. The van der Waals surface area contributed by atoms with E-state index in [2.05, 4.69) is 16.0 Å². The highest BCUT2D eigenvalue weighted by Gasteiger charge is 2.24. The fourth-order valence-corrected chi connectivity index (χ4v) is 4.19. The van der Waals surface area contributed by atoms with Crippen LogP contribution >= 0.6 is 11.3 Å². The van der Waals surface area contributed by atoms with Crippen molar-refractivity contribution in [3.8, 4) is 5.88 Å². The SMILES string of the molecule is COc1ncc(C2=CCOCC2)c2scnc12.NC(=O)C1CCN(C(N)=O)CC1. The molecule has 2 aromatic rings. The number of rotatable bonds is 3. The molecule has 0 spiro atoms. The maximum absolute atomic E-state index is 10.7. The maximum Gasteiger partial charge on any atom is 0.314 e. The molecule has 0 aliphatic carbocycles. The molecule has 0 bridgehead atoms. The third-order valence-electron chi connectivity index (χ3n) is 5.04. The monoisotopic (exact) mass is 419 g/mol. The van der Waals surface area contributed by atoms with E-state index in [0.29, 0.717) is 38.4 Å². The van der Waals surface area contributed by atoms with Crippen LogP contribution in [-0.4, -0.2) is 60.2 Å². The molecule has 2 aliphatic heterocycles. The van der Waals surface area contributed by atoms with Gasteiger partial charge in [0.2, 0.25) is 11.8 Å². The highest BCUT2D eigenvalue weighted by atomic mass is 32.1. The Morgan fingerprint density at radius 1 is 1.28 bits per heavy atom. The van der Waals surface area contributed by atoms with Crippen molar-refractivity contribution in [2.45, 2.75) is 19.3 Å². The molecule has 1 saturated heterocycles. The Hall–Kier alpha value is -2.72. The number of primary amides is 2. The van der Waals surface area contributed by atoms with E-state index >= 15 is 0 Å². The predicted octanol–water partition coefficient (Wildman–Crippen LogP) is 1.77. The molecule has 4 N–H and O–H groups in total. The summed E-state index contributed by atoms with van der Waals surface area (Å²) in [6.45, 7) is 2.55. The van der Waals surface area contributed by atoms with E-state index in [1.165, 1.54) is 10.5 Å². The zero-order valence-corrected chi connectivity index (χ0v) is 17.1. The van der Waals surface area contributed by atoms with E-state index in [4.69, 9.17) is 20.9 Å². The van der Waals surface area contributed by atoms with Crippen LogP contribution in [0.3, 0.4) is 0 Å². The summed E-state index contributed by atoms with van der Waals surface area (Å²) in [5.41, 5.74) is 15.3. The number of aromatic nitrogens is 2. The maximum atomic E-state index is 10.7. The summed E-state index contributed by atoms with van der Waals surface area (Å²) in [7, 11) is 1.62. The highest BCUT2D eigenvalue weighted by Crippen LogP contribution is 2.34. The van der Waals surface area contributed by atoms with Crippen LogP contribution in [0.5, 0.6) is 5.88 Å². The molecule has 29 heavy (non-hydrogen) atoms. The zero-order valence-electron chi connectivity index (χ0n) is 16.3.